The molecule has 4 heterocycles. The Morgan fingerprint density at radius 1 is 1.23 bits per heavy atom. The summed E-state index contributed by atoms with van der Waals surface area (Å²) in [6.45, 7) is 6.58. The summed E-state index contributed by atoms with van der Waals surface area (Å²) in [4.78, 5) is 24.9. The molecule has 3 aromatic rings. The normalized spacial score (nSPS) is 15.6. The maximum atomic E-state index is 13.7. The van der Waals surface area contributed by atoms with Crippen molar-refractivity contribution >= 4 is 33.3 Å². The summed E-state index contributed by atoms with van der Waals surface area (Å²) >= 11 is 0.884. The maximum Gasteiger partial charge on any atom is 0.417 e. The highest BCUT2D eigenvalue weighted by Crippen LogP contribution is 2.40. The van der Waals surface area contributed by atoms with Crippen LogP contribution in [0.1, 0.15) is 33.3 Å². The molecular formula is C20H22F3N5O2S. The molecular weight excluding hydrogens is 431 g/mol. The minimum atomic E-state index is -4.54. The van der Waals surface area contributed by atoms with Gasteiger partial charge in [-0.2, -0.15) is 13.2 Å². The summed E-state index contributed by atoms with van der Waals surface area (Å²) in [6.07, 6.45) is -4.54. The number of hydrogen-bond donors (Lipinski definition) is 1. The van der Waals surface area contributed by atoms with Crippen molar-refractivity contribution in [1.82, 2.24) is 20.2 Å². The van der Waals surface area contributed by atoms with Gasteiger partial charge in [-0.15, -0.1) is 11.3 Å². The van der Waals surface area contributed by atoms with Crippen LogP contribution in [0.2, 0.25) is 0 Å². The SMILES string of the molecule is CNC(=O)c1csc2c(C(F)(F)F)cc(N3CCN(Cc4nc(C)c(C)o4)CC3)nc12. The second-order valence-electron chi connectivity index (χ2n) is 7.44. The van der Waals surface area contributed by atoms with Gasteiger partial charge in [0.05, 0.1) is 33.6 Å². The summed E-state index contributed by atoms with van der Waals surface area (Å²) in [6, 6.07) is 1.09. The highest BCUT2D eigenvalue weighted by atomic mass is 32.1. The van der Waals surface area contributed by atoms with Crippen molar-refractivity contribution in [2.24, 2.45) is 0 Å². The predicted octanol–water partition coefficient (Wildman–Crippen LogP) is 3.60. The Morgan fingerprint density at radius 3 is 2.52 bits per heavy atom. The van der Waals surface area contributed by atoms with Gasteiger partial charge in [0.2, 0.25) is 5.89 Å². The van der Waals surface area contributed by atoms with Crippen LogP contribution in [0.5, 0.6) is 0 Å². The molecule has 1 saturated heterocycles. The summed E-state index contributed by atoms with van der Waals surface area (Å²) in [7, 11) is 1.44. The lowest BCUT2D eigenvalue weighted by Crippen LogP contribution is -2.46. The fourth-order valence-electron chi connectivity index (χ4n) is 3.60. The Labute approximate surface area is 180 Å². The van der Waals surface area contributed by atoms with E-state index in [0.717, 1.165) is 28.9 Å². The lowest BCUT2D eigenvalue weighted by molar-refractivity contribution is -0.136. The molecule has 0 spiro atoms. The van der Waals surface area contributed by atoms with Crippen molar-refractivity contribution in [3.05, 3.63) is 39.9 Å². The topological polar surface area (TPSA) is 74.5 Å². The minimum absolute atomic E-state index is 0.0249. The number of amides is 1. The molecule has 0 unspecified atom stereocenters. The lowest BCUT2D eigenvalue weighted by Gasteiger charge is -2.35. The van der Waals surface area contributed by atoms with E-state index in [-0.39, 0.29) is 21.6 Å². The van der Waals surface area contributed by atoms with E-state index in [1.54, 1.807) is 0 Å². The molecule has 0 saturated carbocycles. The highest BCUT2D eigenvalue weighted by molar-refractivity contribution is 7.17. The first-order chi connectivity index (χ1) is 14.7. The van der Waals surface area contributed by atoms with Crippen LogP contribution in [-0.2, 0) is 12.7 Å². The molecule has 1 N–H and O–H groups in total. The van der Waals surface area contributed by atoms with Crippen molar-refractivity contribution in [2.75, 3.05) is 38.1 Å². The molecule has 0 bridgehead atoms. The zero-order valence-electron chi connectivity index (χ0n) is 17.3. The number of fused-ring (bicyclic) bond motifs is 1. The smallest absolute Gasteiger partial charge is 0.417 e. The number of oxazole rings is 1. The van der Waals surface area contributed by atoms with Crippen LogP contribution >= 0.6 is 11.3 Å². The first kappa shape index (κ1) is 21.6. The molecule has 4 rings (SSSR count). The monoisotopic (exact) mass is 453 g/mol. The van der Waals surface area contributed by atoms with E-state index < -0.39 is 17.6 Å². The van der Waals surface area contributed by atoms with Crippen molar-refractivity contribution in [2.45, 2.75) is 26.6 Å². The van der Waals surface area contributed by atoms with Gasteiger partial charge in [0, 0.05) is 38.6 Å². The molecule has 31 heavy (non-hydrogen) atoms. The van der Waals surface area contributed by atoms with Crippen molar-refractivity contribution in [3.63, 3.8) is 0 Å². The van der Waals surface area contributed by atoms with Crippen LogP contribution in [0.3, 0.4) is 0 Å². The van der Waals surface area contributed by atoms with Crippen LogP contribution in [-0.4, -0.2) is 54.0 Å². The number of nitrogens with one attached hydrogen (secondary N) is 1. The van der Waals surface area contributed by atoms with Crippen molar-refractivity contribution in [1.29, 1.82) is 0 Å². The average Bonchev–Trinajstić information content (AvgIpc) is 3.29. The third-order valence-electron chi connectivity index (χ3n) is 5.41. The lowest BCUT2D eigenvalue weighted by atomic mass is 10.1. The third-order valence-corrected chi connectivity index (χ3v) is 6.42. The number of carbonyl (C=O) groups excluding carboxylic acids is 1. The zero-order valence-corrected chi connectivity index (χ0v) is 18.2. The number of nitrogens with zero attached hydrogens (tertiary/aromatic N) is 4. The molecule has 0 atom stereocenters. The number of piperazine rings is 1. The summed E-state index contributed by atoms with van der Waals surface area (Å²) in [5.41, 5.74) is 0.333. The van der Waals surface area contributed by atoms with Crippen LogP contribution in [0.25, 0.3) is 10.2 Å². The van der Waals surface area contributed by atoms with Crippen LogP contribution in [0.15, 0.2) is 15.9 Å². The molecule has 0 aliphatic carbocycles. The summed E-state index contributed by atoms with van der Waals surface area (Å²) in [5, 5.41) is 3.89. The third kappa shape index (κ3) is 4.24. The molecule has 1 aliphatic heterocycles. The molecule has 7 nitrogen and oxygen atoms in total. The number of rotatable bonds is 4. The van der Waals surface area contributed by atoms with Gasteiger partial charge in [-0.3, -0.25) is 9.69 Å². The molecule has 11 heteroatoms. The van der Waals surface area contributed by atoms with Gasteiger partial charge in [0.1, 0.15) is 11.6 Å². The summed E-state index contributed by atoms with van der Waals surface area (Å²) < 4.78 is 46.8. The number of thiophene rings is 1. The van der Waals surface area contributed by atoms with Gasteiger partial charge >= 0.3 is 6.18 Å². The number of aryl methyl sites for hydroxylation is 2. The first-order valence-electron chi connectivity index (χ1n) is 9.79. The zero-order chi connectivity index (χ0) is 22.3. The molecule has 0 aromatic carbocycles. The number of carbonyl (C=O) groups is 1. The number of halogens is 3. The number of anilines is 1. The quantitative estimate of drug-likeness (QED) is 0.651. The van der Waals surface area contributed by atoms with Crippen molar-refractivity contribution < 1.29 is 22.4 Å². The Bertz CT molecular complexity index is 1100. The minimum Gasteiger partial charge on any atom is -0.444 e. The Hall–Kier alpha value is -2.66. The number of hydrogen-bond acceptors (Lipinski definition) is 7. The van der Waals surface area contributed by atoms with Gasteiger partial charge < -0.3 is 14.6 Å². The molecule has 1 amide bonds. The fraction of sp³-hybridized carbons (Fsp3) is 0.450. The fourth-order valence-corrected chi connectivity index (χ4v) is 4.62. The van der Waals surface area contributed by atoms with E-state index in [9.17, 15) is 18.0 Å². The van der Waals surface area contributed by atoms with Gasteiger partial charge in [0.25, 0.3) is 5.91 Å². The molecule has 0 radical (unpaired) electrons. The van der Waals surface area contributed by atoms with Crippen LogP contribution in [0, 0.1) is 13.8 Å². The van der Waals surface area contributed by atoms with Crippen molar-refractivity contribution in [3.8, 4) is 0 Å². The largest absolute Gasteiger partial charge is 0.444 e. The van der Waals surface area contributed by atoms with Crippen LogP contribution in [0.4, 0.5) is 19.0 Å². The second-order valence-corrected chi connectivity index (χ2v) is 8.32. The average molecular weight is 453 g/mol. The Balaban J connectivity index is 1.58. The molecule has 1 aliphatic rings. The van der Waals surface area contributed by atoms with E-state index in [1.807, 2.05) is 18.7 Å². The van der Waals surface area contributed by atoms with Gasteiger partial charge in [-0.1, -0.05) is 0 Å². The number of pyridine rings is 1. The van der Waals surface area contributed by atoms with Gasteiger partial charge in [-0.05, 0) is 19.9 Å². The number of aromatic nitrogens is 2. The highest BCUT2D eigenvalue weighted by Gasteiger charge is 2.36. The Kier molecular flexibility index (Phi) is 5.65. The van der Waals surface area contributed by atoms with E-state index in [4.69, 9.17) is 4.42 Å². The van der Waals surface area contributed by atoms with E-state index in [0.29, 0.717) is 38.6 Å². The maximum absolute atomic E-state index is 13.7. The predicted molar refractivity (Wildman–Crippen MR) is 111 cm³/mol. The van der Waals surface area contributed by atoms with E-state index in [2.05, 4.69) is 20.2 Å². The van der Waals surface area contributed by atoms with Crippen LogP contribution < -0.4 is 10.2 Å². The van der Waals surface area contributed by atoms with Gasteiger partial charge in [-0.25, -0.2) is 9.97 Å². The van der Waals surface area contributed by atoms with E-state index in [1.165, 1.54) is 12.4 Å². The molecule has 166 valence electrons. The summed E-state index contributed by atoms with van der Waals surface area (Å²) in [5.74, 6) is 1.19. The standard InChI is InChI=1S/C20H22F3N5O2S/c1-11-12(2)30-16(25-11)9-27-4-6-28(7-5-27)15-8-14(20(21,22)23)18-17(26-15)13(10-31-18)19(29)24-3/h8,10H,4-7,9H2,1-3H3,(H,24,29). The first-order valence-corrected chi connectivity index (χ1v) is 10.7. The van der Waals surface area contributed by atoms with E-state index >= 15 is 0 Å². The number of alkyl halides is 3. The molecule has 1 fully saturated rings. The second kappa shape index (κ2) is 8.12. The van der Waals surface area contributed by atoms with Gasteiger partial charge in [0.15, 0.2) is 0 Å². The molecule has 3 aromatic heterocycles. The Morgan fingerprint density at radius 2 is 1.94 bits per heavy atom.